The van der Waals surface area contributed by atoms with E-state index in [1.54, 1.807) is 14.0 Å². The Morgan fingerprint density at radius 2 is 2.00 bits per heavy atom. The predicted molar refractivity (Wildman–Crippen MR) is 65.8 cm³/mol. The van der Waals surface area contributed by atoms with Crippen molar-refractivity contribution in [3.63, 3.8) is 0 Å². The van der Waals surface area contributed by atoms with Crippen LogP contribution in [0.5, 0.6) is 0 Å². The van der Waals surface area contributed by atoms with E-state index in [1.165, 1.54) is 0 Å². The number of carbonyl (C=O) groups excluding carboxylic acids is 1. The van der Waals surface area contributed by atoms with Crippen molar-refractivity contribution >= 4 is 11.5 Å². The van der Waals surface area contributed by atoms with Gasteiger partial charge in [-0.25, -0.2) is 0 Å². The average Bonchev–Trinajstić information content (AvgIpc) is 2.30. The predicted octanol–water partition coefficient (Wildman–Crippen LogP) is 2.12. The fourth-order valence-electron chi connectivity index (χ4n) is 1.57. The van der Waals surface area contributed by atoms with Gasteiger partial charge in [-0.3, -0.25) is 4.79 Å². The molecule has 0 aliphatic rings. The maximum atomic E-state index is 11.4. The van der Waals surface area contributed by atoms with E-state index in [-0.39, 0.29) is 11.8 Å². The number of carbonyl (C=O) groups is 1. The maximum absolute atomic E-state index is 11.4. The summed E-state index contributed by atoms with van der Waals surface area (Å²) in [5, 5.41) is 0. The highest BCUT2D eigenvalue weighted by atomic mass is 16.5. The summed E-state index contributed by atoms with van der Waals surface area (Å²) in [6, 6.07) is 9.82. The molecular weight excluding hydrogens is 202 g/mol. The summed E-state index contributed by atoms with van der Waals surface area (Å²) in [5.74, 6) is 0.167. The first kappa shape index (κ1) is 12.7. The fourth-order valence-corrected chi connectivity index (χ4v) is 1.57. The second kappa shape index (κ2) is 6.28. The number of Topliss-reactive ketones (excluding diaryl/α,β-unsaturated/α-hetero) is 1. The average molecular weight is 221 g/mol. The number of ketones is 1. The third-order valence-electron chi connectivity index (χ3n) is 2.68. The molecule has 0 heterocycles. The number of benzene rings is 1. The van der Waals surface area contributed by atoms with Crippen molar-refractivity contribution in [2.75, 3.05) is 25.2 Å². The van der Waals surface area contributed by atoms with Crippen molar-refractivity contribution < 1.29 is 9.53 Å². The molecule has 0 spiro atoms. The van der Waals surface area contributed by atoms with Crippen molar-refractivity contribution in [2.24, 2.45) is 0 Å². The summed E-state index contributed by atoms with van der Waals surface area (Å²) in [7, 11) is 1.67. The highest BCUT2D eigenvalue weighted by Crippen LogP contribution is 2.16. The number of nitrogens with zero attached hydrogens (tertiary/aromatic N) is 1. The molecule has 1 aromatic carbocycles. The quantitative estimate of drug-likeness (QED) is 0.737. The van der Waals surface area contributed by atoms with Crippen molar-refractivity contribution in [1.82, 2.24) is 0 Å². The zero-order chi connectivity index (χ0) is 12.0. The molecule has 0 amide bonds. The van der Waals surface area contributed by atoms with Crippen LogP contribution >= 0.6 is 0 Å². The molecule has 0 bridgehead atoms. The Hall–Kier alpha value is -1.35. The van der Waals surface area contributed by atoms with Crippen LogP contribution < -0.4 is 4.90 Å². The number of hydrogen-bond donors (Lipinski definition) is 0. The lowest BCUT2D eigenvalue weighted by Crippen LogP contribution is -2.40. The molecule has 0 aliphatic heterocycles. The van der Waals surface area contributed by atoms with Crippen LogP contribution in [-0.4, -0.2) is 32.1 Å². The summed E-state index contributed by atoms with van der Waals surface area (Å²) >= 11 is 0. The van der Waals surface area contributed by atoms with E-state index >= 15 is 0 Å². The van der Waals surface area contributed by atoms with E-state index in [2.05, 4.69) is 4.90 Å². The molecule has 1 aromatic rings. The minimum atomic E-state index is -0.113. The van der Waals surface area contributed by atoms with Crippen molar-refractivity contribution in [1.29, 1.82) is 0 Å². The molecule has 0 radical (unpaired) electrons. The third kappa shape index (κ3) is 3.35. The lowest BCUT2D eigenvalue weighted by atomic mass is 10.1. The minimum absolute atomic E-state index is 0.113. The van der Waals surface area contributed by atoms with Crippen molar-refractivity contribution in [2.45, 2.75) is 19.9 Å². The Labute approximate surface area is 97.0 Å². The zero-order valence-corrected chi connectivity index (χ0v) is 10.1. The second-order valence-corrected chi connectivity index (χ2v) is 3.81. The number of methoxy groups -OCH3 is 1. The number of anilines is 1. The van der Waals surface area contributed by atoms with Gasteiger partial charge in [-0.2, -0.15) is 0 Å². The van der Waals surface area contributed by atoms with Crippen LogP contribution in [0.15, 0.2) is 30.3 Å². The molecule has 0 aromatic heterocycles. The first-order chi connectivity index (χ1) is 7.66. The maximum Gasteiger partial charge on any atom is 0.151 e. The highest BCUT2D eigenvalue weighted by Gasteiger charge is 2.17. The molecule has 0 N–H and O–H groups in total. The molecule has 1 atom stereocenters. The van der Waals surface area contributed by atoms with E-state index in [0.29, 0.717) is 6.61 Å². The minimum Gasteiger partial charge on any atom is -0.383 e. The molecular formula is C13H19NO2. The number of hydrogen-bond acceptors (Lipinski definition) is 3. The summed E-state index contributed by atoms with van der Waals surface area (Å²) in [5.41, 5.74) is 1.06. The topological polar surface area (TPSA) is 29.5 Å². The Kier molecular flexibility index (Phi) is 4.99. The van der Waals surface area contributed by atoms with Crippen LogP contribution in [0.2, 0.25) is 0 Å². The molecule has 0 saturated heterocycles. The van der Waals surface area contributed by atoms with Crippen LogP contribution in [0, 0.1) is 0 Å². The molecule has 16 heavy (non-hydrogen) atoms. The van der Waals surface area contributed by atoms with Crippen LogP contribution in [0.4, 0.5) is 5.69 Å². The summed E-state index contributed by atoms with van der Waals surface area (Å²) in [6.45, 7) is 4.88. The fraction of sp³-hybridized carbons (Fsp3) is 0.462. The first-order valence-corrected chi connectivity index (χ1v) is 5.48. The van der Waals surface area contributed by atoms with E-state index in [1.807, 2.05) is 37.3 Å². The van der Waals surface area contributed by atoms with Crippen LogP contribution in [0.1, 0.15) is 13.8 Å². The van der Waals surface area contributed by atoms with Gasteiger partial charge in [0.25, 0.3) is 0 Å². The van der Waals surface area contributed by atoms with Gasteiger partial charge in [0, 0.05) is 19.3 Å². The van der Waals surface area contributed by atoms with Gasteiger partial charge in [-0.1, -0.05) is 18.2 Å². The lowest BCUT2D eigenvalue weighted by Gasteiger charge is -2.29. The lowest BCUT2D eigenvalue weighted by molar-refractivity contribution is -0.117. The first-order valence-electron chi connectivity index (χ1n) is 5.48. The molecule has 0 fully saturated rings. The zero-order valence-electron chi connectivity index (χ0n) is 10.1. The normalized spacial score (nSPS) is 12.2. The van der Waals surface area contributed by atoms with Gasteiger partial charge in [-0.15, -0.1) is 0 Å². The van der Waals surface area contributed by atoms with Crippen LogP contribution in [-0.2, 0) is 9.53 Å². The monoisotopic (exact) mass is 221 g/mol. The van der Waals surface area contributed by atoms with Gasteiger partial charge in [-0.05, 0) is 26.0 Å². The Morgan fingerprint density at radius 1 is 1.38 bits per heavy atom. The Bertz CT molecular complexity index is 324. The number of para-hydroxylation sites is 1. The van der Waals surface area contributed by atoms with Crippen molar-refractivity contribution in [3.05, 3.63) is 30.3 Å². The van der Waals surface area contributed by atoms with Gasteiger partial charge >= 0.3 is 0 Å². The molecule has 3 nitrogen and oxygen atoms in total. The van der Waals surface area contributed by atoms with Crippen LogP contribution in [0.3, 0.4) is 0 Å². The SMILES string of the molecule is COCCN(c1ccccc1)C(C)C(C)=O. The van der Waals surface area contributed by atoms with E-state index < -0.39 is 0 Å². The second-order valence-electron chi connectivity index (χ2n) is 3.81. The molecule has 1 unspecified atom stereocenters. The van der Waals surface area contributed by atoms with Gasteiger partial charge in [0.1, 0.15) is 0 Å². The van der Waals surface area contributed by atoms with E-state index in [9.17, 15) is 4.79 Å². The van der Waals surface area contributed by atoms with Gasteiger partial charge in [0.2, 0.25) is 0 Å². The molecule has 88 valence electrons. The summed E-state index contributed by atoms with van der Waals surface area (Å²) in [6.07, 6.45) is 0. The standard InChI is InChI=1S/C13H19NO2/c1-11(12(2)15)14(9-10-16-3)13-7-5-4-6-8-13/h4-8,11H,9-10H2,1-3H3. The summed E-state index contributed by atoms with van der Waals surface area (Å²) in [4.78, 5) is 13.5. The third-order valence-corrected chi connectivity index (χ3v) is 2.68. The molecule has 3 heteroatoms. The number of ether oxygens (including phenoxy) is 1. The largest absolute Gasteiger partial charge is 0.383 e. The van der Waals surface area contributed by atoms with Crippen LogP contribution in [0.25, 0.3) is 0 Å². The highest BCUT2D eigenvalue weighted by molar-refractivity contribution is 5.84. The van der Waals surface area contributed by atoms with Gasteiger partial charge in [0.05, 0.1) is 12.6 Å². The van der Waals surface area contributed by atoms with Gasteiger partial charge < -0.3 is 9.64 Å². The molecule has 0 saturated carbocycles. The van der Waals surface area contributed by atoms with Crippen molar-refractivity contribution in [3.8, 4) is 0 Å². The number of rotatable bonds is 6. The Balaban J connectivity index is 2.83. The van der Waals surface area contributed by atoms with E-state index in [0.717, 1.165) is 12.2 Å². The molecule has 0 aliphatic carbocycles. The molecule has 1 rings (SSSR count). The smallest absolute Gasteiger partial charge is 0.151 e. The van der Waals surface area contributed by atoms with E-state index in [4.69, 9.17) is 4.74 Å². The Morgan fingerprint density at radius 3 is 2.50 bits per heavy atom. The van der Waals surface area contributed by atoms with Gasteiger partial charge in [0.15, 0.2) is 5.78 Å². The summed E-state index contributed by atoms with van der Waals surface area (Å²) < 4.78 is 5.07.